The Morgan fingerprint density at radius 2 is 1.52 bits per heavy atom. The number of aromatic hydroxyl groups is 1. The Kier molecular flexibility index (Phi) is 9.27. The maximum absolute atomic E-state index is 12.8. The van der Waals surface area contributed by atoms with E-state index in [1.807, 2.05) is 20.8 Å². The summed E-state index contributed by atoms with van der Waals surface area (Å²) in [5.41, 5.74) is 1.13. The van der Waals surface area contributed by atoms with E-state index in [9.17, 15) is 23.1 Å². The van der Waals surface area contributed by atoms with Gasteiger partial charge in [-0.1, -0.05) is 50.1 Å². The Labute approximate surface area is 199 Å². The molecule has 0 aliphatic carbocycles. The molecular formula is C23H30ClN3O5S. The molecule has 0 aliphatic heterocycles. The average molecular weight is 496 g/mol. The summed E-state index contributed by atoms with van der Waals surface area (Å²) in [6.45, 7) is 7.30. The molecule has 2 aromatic carbocycles. The van der Waals surface area contributed by atoms with Crippen molar-refractivity contribution in [3.63, 3.8) is 0 Å². The third kappa shape index (κ3) is 6.93. The number of aryl methyl sites for hydroxylation is 1. The third-order valence-electron chi connectivity index (χ3n) is 5.31. The monoisotopic (exact) mass is 495 g/mol. The van der Waals surface area contributed by atoms with E-state index in [-0.39, 0.29) is 45.3 Å². The number of anilines is 2. The highest BCUT2D eigenvalue weighted by Crippen LogP contribution is 2.34. The maximum Gasteiger partial charge on any atom is 0.242 e. The van der Waals surface area contributed by atoms with Gasteiger partial charge in [-0.05, 0) is 44.4 Å². The highest BCUT2D eigenvalue weighted by atomic mass is 35.5. The molecular weight excluding hydrogens is 466 g/mol. The standard InChI is InChI=1S/C23H30ClN3O5S/c1-5-15(6-2)22(29)26-20-12-17(24)19(13-21(20)28)25-23(30)18(7-3)27-33(31,32)16-10-8-14(4)9-11-16/h8-13,15,18,27-28H,5-7H2,1-4H3,(H,25,30)(H,26,29). The molecule has 0 aliphatic rings. The Balaban J connectivity index is 2.16. The molecule has 0 saturated heterocycles. The number of benzene rings is 2. The lowest BCUT2D eigenvalue weighted by Crippen LogP contribution is -2.43. The molecule has 10 heteroatoms. The van der Waals surface area contributed by atoms with Gasteiger partial charge in [0.2, 0.25) is 21.8 Å². The van der Waals surface area contributed by atoms with Gasteiger partial charge < -0.3 is 15.7 Å². The van der Waals surface area contributed by atoms with E-state index in [4.69, 9.17) is 11.6 Å². The zero-order chi connectivity index (χ0) is 24.8. The van der Waals surface area contributed by atoms with Crippen LogP contribution in [0.2, 0.25) is 5.02 Å². The second kappa shape index (κ2) is 11.5. The van der Waals surface area contributed by atoms with Crippen LogP contribution in [0.25, 0.3) is 0 Å². The lowest BCUT2D eigenvalue weighted by atomic mass is 10.0. The van der Waals surface area contributed by atoms with Gasteiger partial charge in [-0.2, -0.15) is 4.72 Å². The highest BCUT2D eigenvalue weighted by Gasteiger charge is 2.25. The van der Waals surface area contributed by atoms with Crippen molar-refractivity contribution in [1.82, 2.24) is 4.72 Å². The van der Waals surface area contributed by atoms with Gasteiger partial charge in [0.15, 0.2) is 0 Å². The van der Waals surface area contributed by atoms with Crippen LogP contribution in [0, 0.1) is 12.8 Å². The van der Waals surface area contributed by atoms with Gasteiger partial charge in [0.05, 0.1) is 21.3 Å². The number of rotatable bonds is 10. The molecule has 1 unspecified atom stereocenters. The van der Waals surface area contributed by atoms with E-state index in [2.05, 4.69) is 15.4 Å². The smallest absolute Gasteiger partial charge is 0.242 e. The van der Waals surface area contributed by atoms with E-state index in [1.54, 1.807) is 19.1 Å². The SMILES string of the molecule is CCC(CC)C(=O)Nc1cc(Cl)c(NC(=O)C(CC)NS(=O)(=O)c2ccc(C)cc2)cc1O. The average Bonchev–Trinajstić information content (AvgIpc) is 2.76. The van der Waals surface area contributed by atoms with Crippen molar-refractivity contribution in [3.05, 3.63) is 47.0 Å². The highest BCUT2D eigenvalue weighted by molar-refractivity contribution is 7.89. The van der Waals surface area contributed by atoms with E-state index >= 15 is 0 Å². The molecule has 0 radical (unpaired) electrons. The molecule has 2 amide bonds. The fourth-order valence-corrected chi connectivity index (χ4v) is 4.66. The lowest BCUT2D eigenvalue weighted by Gasteiger charge is -2.19. The van der Waals surface area contributed by atoms with E-state index in [1.165, 1.54) is 24.3 Å². The molecule has 4 N–H and O–H groups in total. The Morgan fingerprint density at radius 3 is 2.06 bits per heavy atom. The van der Waals surface area contributed by atoms with Crippen molar-refractivity contribution < 1.29 is 23.1 Å². The number of amides is 2. The Hall–Kier alpha value is -2.62. The molecule has 2 rings (SSSR count). The second-order valence-electron chi connectivity index (χ2n) is 7.74. The van der Waals surface area contributed by atoms with Gasteiger partial charge in [0.25, 0.3) is 0 Å². The molecule has 0 heterocycles. The molecule has 0 bridgehead atoms. The molecule has 8 nitrogen and oxygen atoms in total. The summed E-state index contributed by atoms with van der Waals surface area (Å²) in [5.74, 6) is -1.35. The normalized spacial score (nSPS) is 12.4. The van der Waals surface area contributed by atoms with Crippen LogP contribution >= 0.6 is 11.6 Å². The van der Waals surface area contributed by atoms with Gasteiger partial charge in [-0.3, -0.25) is 9.59 Å². The first kappa shape index (κ1) is 26.6. The minimum atomic E-state index is -3.92. The molecule has 0 aromatic heterocycles. The maximum atomic E-state index is 12.8. The van der Waals surface area contributed by atoms with Crippen LogP contribution in [0.5, 0.6) is 5.75 Å². The van der Waals surface area contributed by atoms with Crippen LogP contribution in [0.3, 0.4) is 0 Å². The zero-order valence-electron chi connectivity index (χ0n) is 19.1. The van der Waals surface area contributed by atoms with Crippen molar-refractivity contribution in [1.29, 1.82) is 0 Å². The number of carbonyl (C=O) groups excluding carboxylic acids is 2. The van der Waals surface area contributed by atoms with Crippen LogP contribution in [-0.4, -0.2) is 31.4 Å². The van der Waals surface area contributed by atoms with E-state index in [0.29, 0.717) is 12.8 Å². The molecule has 1 atom stereocenters. The minimum absolute atomic E-state index is 0.0487. The number of hydrogen-bond donors (Lipinski definition) is 4. The van der Waals surface area contributed by atoms with Gasteiger partial charge in [0.1, 0.15) is 11.8 Å². The second-order valence-corrected chi connectivity index (χ2v) is 9.86. The predicted octanol–water partition coefficient (Wildman–Crippen LogP) is 4.42. The molecule has 2 aromatic rings. The van der Waals surface area contributed by atoms with Crippen molar-refractivity contribution in [2.75, 3.05) is 10.6 Å². The fourth-order valence-electron chi connectivity index (χ4n) is 3.17. The van der Waals surface area contributed by atoms with Crippen molar-refractivity contribution >= 4 is 44.8 Å². The number of carbonyl (C=O) groups is 2. The number of phenolic OH excluding ortho intramolecular Hbond substituents is 1. The Bertz CT molecular complexity index is 1100. The topological polar surface area (TPSA) is 125 Å². The minimum Gasteiger partial charge on any atom is -0.506 e. The number of hydrogen-bond acceptors (Lipinski definition) is 5. The molecule has 180 valence electrons. The molecule has 0 spiro atoms. The van der Waals surface area contributed by atoms with Crippen LogP contribution in [0.15, 0.2) is 41.3 Å². The summed E-state index contributed by atoms with van der Waals surface area (Å²) in [6.07, 6.45) is 1.49. The first-order valence-corrected chi connectivity index (χ1v) is 12.6. The lowest BCUT2D eigenvalue weighted by molar-refractivity contribution is -0.120. The summed E-state index contributed by atoms with van der Waals surface area (Å²) in [6, 6.07) is 7.75. The number of halogens is 1. The van der Waals surface area contributed by atoms with Gasteiger partial charge >= 0.3 is 0 Å². The molecule has 0 fully saturated rings. The third-order valence-corrected chi connectivity index (χ3v) is 7.11. The summed E-state index contributed by atoms with van der Waals surface area (Å²) in [4.78, 5) is 25.1. The number of nitrogens with one attached hydrogen (secondary N) is 3. The van der Waals surface area contributed by atoms with Crippen LogP contribution in [-0.2, 0) is 19.6 Å². The number of phenols is 1. The predicted molar refractivity (Wildman–Crippen MR) is 130 cm³/mol. The summed E-state index contributed by atoms with van der Waals surface area (Å²) in [5, 5.41) is 15.6. The van der Waals surface area contributed by atoms with Crippen LogP contribution in [0.4, 0.5) is 11.4 Å². The van der Waals surface area contributed by atoms with Crippen molar-refractivity contribution in [3.8, 4) is 5.75 Å². The largest absolute Gasteiger partial charge is 0.506 e. The van der Waals surface area contributed by atoms with Gasteiger partial charge in [-0.15, -0.1) is 0 Å². The van der Waals surface area contributed by atoms with Gasteiger partial charge in [0, 0.05) is 12.0 Å². The summed E-state index contributed by atoms with van der Waals surface area (Å²) < 4.78 is 27.7. The number of sulfonamides is 1. The first-order valence-electron chi connectivity index (χ1n) is 10.8. The van der Waals surface area contributed by atoms with Crippen molar-refractivity contribution in [2.45, 2.75) is 57.9 Å². The first-order chi connectivity index (χ1) is 15.5. The fraction of sp³-hybridized carbons (Fsp3) is 0.391. The van der Waals surface area contributed by atoms with E-state index in [0.717, 1.165) is 5.56 Å². The van der Waals surface area contributed by atoms with Crippen LogP contribution < -0.4 is 15.4 Å². The van der Waals surface area contributed by atoms with Crippen LogP contribution in [0.1, 0.15) is 45.6 Å². The molecule has 0 saturated carbocycles. The zero-order valence-corrected chi connectivity index (χ0v) is 20.7. The van der Waals surface area contributed by atoms with Crippen molar-refractivity contribution in [2.24, 2.45) is 5.92 Å². The molecule has 33 heavy (non-hydrogen) atoms. The van der Waals surface area contributed by atoms with Gasteiger partial charge in [-0.25, -0.2) is 8.42 Å². The van der Waals surface area contributed by atoms with E-state index < -0.39 is 22.0 Å². The quantitative estimate of drug-likeness (QED) is 0.363. The summed E-state index contributed by atoms with van der Waals surface area (Å²) in [7, 11) is -3.92. The Morgan fingerprint density at radius 1 is 0.939 bits per heavy atom. The summed E-state index contributed by atoms with van der Waals surface area (Å²) >= 11 is 6.25.